The van der Waals surface area contributed by atoms with E-state index in [1.165, 1.54) is 0 Å². The number of carbonyl (C=O) groups is 2. The van der Waals surface area contributed by atoms with Crippen LogP contribution in [0.5, 0.6) is 0 Å². The van der Waals surface area contributed by atoms with Crippen molar-refractivity contribution in [3.63, 3.8) is 0 Å². The van der Waals surface area contributed by atoms with E-state index in [-0.39, 0.29) is 11.8 Å². The monoisotopic (exact) mass is 393 g/mol. The van der Waals surface area contributed by atoms with Gasteiger partial charge in [0.05, 0.1) is 38.4 Å². The Morgan fingerprint density at radius 3 is 2.76 bits per heavy atom. The molecule has 0 saturated carbocycles. The number of hydrogen-bond donors (Lipinski definition) is 1. The van der Waals surface area contributed by atoms with Crippen molar-refractivity contribution in [2.45, 2.75) is 19.5 Å². The zero-order valence-electron chi connectivity index (χ0n) is 16.1. The van der Waals surface area contributed by atoms with Gasteiger partial charge in [-0.25, -0.2) is 0 Å². The van der Waals surface area contributed by atoms with E-state index in [0.29, 0.717) is 58.1 Å². The molecule has 150 valence electrons. The summed E-state index contributed by atoms with van der Waals surface area (Å²) in [5.74, 6) is 0.0233. The molecule has 0 spiro atoms. The van der Waals surface area contributed by atoms with E-state index in [9.17, 15) is 9.59 Å². The molecule has 2 aliphatic heterocycles. The van der Waals surface area contributed by atoms with Crippen molar-refractivity contribution in [1.82, 2.24) is 24.6 Å². The third-order valence-corrected chi connectivity index (χ3v) is 5.68. The van der Waals surface area contributed by atoms with Crippen LogP contribution in [0.3, 0.4) is 0 Å². The Hall–Kier alpha value is -3.13. The van der Waals surface area contributed by atoms with Crippen LogP contribution in [0.25, 0.3) is 10.9 Å². The SMILES string of the molecule is O=C(Cc1c[nH]c2ccccc12)N1CCn2nc(C(=O)N3CCOCC3)cc2C1. The van der Waals surface area contributed by atoms with E-state index in [1.54, 1.807) is 4.90 Å². The lowest BCUT2D eigenvalue weighted by atomic mass is 10.1. The number of hydrogen-bond acceptors (Lipinski definition) is 4. The molecule has 1 fully saturated rings. The minimum absolute atomic E-state index is 0.0631. The zero-order valence-corrected chi connectivity index (χ0v) is 16.1. The fourth-order valence-electron chi connectivity index (χ4n) is 4.06. The molecule has 2 aliphatic rings. The van der Waals surface area contributed by atoms with Gasteiger partial charge in [0.1, 0.15) is 0 Å². The van der Waals surface area contributed by atoms with Crippen molar-refractivity contribution >= 4 is 22.7 Å². The van der Waals surface area contributed by atoms with Gasteiger partial charge in [0.25, 0.3) is 5.91 Å². The number of H-pyrrole nitrogens is 1. The Morgan fingerprint density at radius 2 is 1.90 bits per heavy atom. The predicted molar refractivity (Wildman–Crippen MR) is 106 cm³/mol. The minimum Gasteiger partial charge on any atom is -0.378 e. The number of aromatic nitrogens is 3. The van der Waals surface area contributed by atoms with Crippen molar-refractivity contribution in [3.8, 4) is 0 Å². The van der Waals surface area contributed by atoms with Crippen LogP contribution in [0.2, 0.25) is 0 Å². The van der Waals surface area contributed by atoms with Crippen LogP contribution in [-0.4, -0.2) is 69.2 Å². The molecule has 29 heavy (non-hydrogen) atoms. The lowest BCUT2D eigenvalue weighted by molar-refractivity contribution is -0.131. The summed E-state index contributed by atoms with van der Waals surface area (Å²) in [5.41, 5.74) is 3.40. The molecule has 1 aromatic carbocycles. The Labute approximate surface area is 168 Å². The Bertz CT molecular complexity index is 1060. The second-order valence-corrected chi connectivity index (χ2v) is 7.50. The molecule has 1 N–H and O–H groups in total. The summed E-state index contributed by atoms with van der Waals surface area (Å²) in [5, 5.41) is 5.56. The van der Waals surface area contributed by atoms with Crippen molar-refractivity contribution in [3.05, 3.63) is 53.5 Å². The third-order valence-electron chi connectivity index (χ3n) is 5.68. The molecule has 0 aliphatic carbocycles. The summed E-state index contributed by atoms with van der Waals surface area (Å²) in [6, 6.07) is 9.82. The molecule has 2 aromatic heterocycles. The van der Waals surface area contributed by atoms with Gasteiger partial charge in [-0.2, -0.15) is 5.10 Å². The van der Waals surface area contributed by atoms with Gasteiger partial charge in [0, 0.05) is 36.7 Å². The van der Waals surface area contributed by atoms with Crippen molar-refractivity contribution in [2.24, 2.45) is 0 Å². The standard InChI is InChI=1S/C21H23N5O3/c27-20(11-15-13-22-18-4-2-1-3-17(15)18)25-5-6-26-16(14-25)12-19(23-26)21(28)24-7-9-29-10-8-24/h1-4,12-13,22H,5-11,14H2. The van der Waals surface area contributed by atoms with Gasteiger partial charge in [-0.1, -0.05) is 18.2 Å². The number of carbonyl (C=O) groups excluding carboxylic acids is 2. The van der Waals surface area contributed by atoms with Gasteiger partial charge < -0.3 is 19.5 Å². The summed E-state index contributed by atoms with van der Waals surface area (Å²) < 4.78 is 7.16. The van der Waals surface area contributed by atoms with Crippen molar-refractivity contribution < 1.29 is 14.3 Å². The van der Waals surface area contributed by atoms with E-state index >= 15 is 0 Å². The Morgan fingerprint density at radius 1 is 1.07 bits per heavy atom. The first-order chi connectivity index (χ1) is 14.2. The molecule has 2 amide bonds. The molecular formula is C21H23N5O3. The largest absolute Gasteiger partial charge is 0.378 e. The average molecular weight is 393 g/mol. The Balaban J connectivity index is 1.28. The first-order valence-corrected chi connectivity index (χ1v) is 9.95. The number of nitrogens with zero attached hydrogens (tertiary/aromatic N) is 4. The molecule has 0 bridgehead atoms. The van der Waals surface area contributed by atoms with Gasteiger partial charge >= 0.3 is 0 Å². The zero-order chi connectivity index (χ0) is 19.8. The van der Waals surface area contributed by atoms with E-state index < -0.39 is 0 Å². The highest BCUT2D eigenvalue weighted by Crippen LogP contribution is 2.21. The highest BCUT2D eigenvalue weighted by atomic mass is 16.5. The van der Waals surface area contributed by atoms with E-state index in [0.717, 1.165) is 22.2 Å². The quantitative estimate of drug-likeness (QED) is 0.730. The van der Waals surface area contributed by atoms with Crippen LogP contribution >= 0.6 is 0 Å². The first-order valence-electron chi connectivity index (χ1n) is 9.95. The van der Waals surface area contributed by atoms with Gasteiger partial charge in [0.2, 0.25) is 5.91 Å². The number of morpholine rings is 1. The second kappa shape index (κ2) is 7.36. The maximum atomic E-state index is 12.9. The number of ether oxygens (including phenoxy) is 1. The smallest absolute Gasteiger partial charge is 0.274 e. The summed E-state index contributed by atoms with van der Waals surface area (Å²) in [7, 11) is 0. The first kappa shape index (κ1) is 17.9. The summed E-state index contributed by atoms with van der Waals surface area (Å²) in [6.45, 7) is 3.99. The van der Waals surface area contributed by atoms with Crippen LogP contribution in [-0.2, 0) is 29.0 Å². The van der Waals surface area contributed by atoms with Crippen LogP contribution in [0.15, 0.2) is 36.5 Å². The Kier molecular flexibility index (Phi) is 4.55. The van der Waals surface area contributed by atoms with Crippen molar-refractivity contribution in [1.29, 1.82) is 0 Å². The highest BCUT2D eigenvalue weighted by Gasteiger charge is 2.27. The molecule has 0 radical (unpaired) electrons. The number of amides is 2. The van der Waals surface area contributed by atoms with Crippen LogP contribution in [0.4, 0.5) is 0 Å². The van der Waals surface area contributed by atoms with E-state index in [4.69, 9.17) is 4.74 Å². The predicted octanol–water partition coefficient (Wildman–Crippen LogP) is 1.42. The average Bonchev–Trinajstić information content (AvgIpc) is 3.37. The van der Waals surface area contributed by atoms with Crippen molar-refractivity contribution in [2.75, 3.05) is 32.8 Å². The normalized spacial score (nSPS) is 16.8. The molecule has 5 rings (SSSR count). The number of nitrogens with one attached hydrogen (secondary N) is 1. The molecule has 0 atom stereocenters. The fraction of sp³-hybridized carbons (Fsp3) is 0.381. The number of benzene rings is 1. The van der Waals surface area contributed by atoms with Crippen LogP contribution in [0, 0.1) is 0 Å². The summed E-state index contributed by atoms with van der Waals surface area (Å²) in [4.78, 5) is 32.4. The van der Waals surface area contributed by atoms with Gasteiger partial charge in [-0.05, 0) is 17.7 Å². The third kappa shape index (κ3) is 3.40. The minimum atomic E-state index is -0.0631. The van der Waals surface area contributed by atoms with Crippen LogP contribution in [0.1, 0.15) is 21.7 Å². The number of fused-ring (bicyclic) bond motifs is 2. The van der Waals surface area contributed by atoms with Crippen LogP contribution < -0.4 is 0 Å². The van der Waals surface area contributed by atoms with E-state index in [2.05, 4.69) is 10.1 Å². The topological polar surface area (TPSA) is 83.5 Å². The molecule has 8 heteroatoms. The van der Waals surface area contributed by atoms with Gasteiger partial charge in [-0.3, -0.25) is 14.3 Å². The second-order valence-electron chi connectivity index (χ2n) is 7.50. The molecule has 0 unspecified atom stereocenters. The molecule has 8 nitrogen and oxygen atoms in total. The van der Waals surface area contributed by atoms with Gasteiger partial charge in [0.15, 0.2) is 5.69 Å². The lowest BCUT2D eigenvalue weighted by Crippen LogP contribution is -2.41. The lowest BCUT2D eigenvalue weighted by Gasteiger charge is -2.27. The maximum Gasteiger partial charge on any atom is 0.274 e. The molecule has 3 aromatic rings. The summed E-state index contributed by atoms with van der Waals surface area (Å²) >= 11 is 0. The molecule has 4 heterocycles. The maximum absolute atomic E-state index is 12.9. The highest BCUT2D eigenvalue weighted by molar-refractivity contribution is 5.92. The number of para-hydroxylation sites is 1. The van der Waals surface area contributed by atoms with E-state index in [1.807, 2.05) is 46.1 Å². The number of aromatic amines is 1. The summed E-state index contributed by atoms with van der Waals surface area (Å²) in [6.07, 6.45) is 2.27. The molecule has 1 saturated heterocycles. The van der Waals surface area contributed by atoms with Gasteiger partial charge in [-0.15, -0.1) is 0 Å². The molecular weight excluding hydrogens is 370 g/mol. The fourth-order valence-corrected chi connectivity index (χ4v) is 4.06. The number of rotatable bonds is 3.